The molecule has 1 amide bonds. The molecule has 3 rings (SSSR count). The van der Waals surface area contributed by atoms with Gasteiger partial charge < -0.3 is 9.47 Å². The molecular weight excluding hydrogens is 282 g/mol. The van der Waals surface area contributed by atoms with E-state index < -0.39 is 19.4 Å². The zero-order valence-corrected chi connectivity index (χ0v) is 14.4. The van der Waals surface area contributed by atoms with Gasteiger partial charge in [-0.2, -0.15) is 0 Å². The molecule has 2 atom stereocenters. The second-order valence-corrected chi connectivity index (χ2v) is 13.0. The van der Waals surface area contributed by atoms with E-state index in [1.807, 2.05) is 38.1 Å². The van der Waals surface area contributed by atoms with Crippen molar-refractivity contribution in [2.24, 2.45) is 0 Å². The first-order valence-electron chi connectivity index (χ1n) is 7.46. The number of carbonyl (C=O) groups excluding carboxylic acids is 1. The van der Waals surface area contributed by atoms with Gasteiger partial charge in [0, 0.05) is 13.6 Å². The fourth-order valence-electron chi connectivity index (χ4n) is 3.02. The van der Waals surface area contributed by atoms with Crippen molar-refractivity contribution >= 4 is 19.9 Å². The van der Waals surface area contributed by atoms with Gasteiger partial charge in [-0.3, -0.25) is 0 Å². The van der Waals surface area contributed by atoms with Crippen molar-refractivity contribution in [3.8, 4) is 0 Å². The number of carbonyl (C=O) groups is 1. The Bertz CT molecular complexity index is 597. The Labute approximate surface area is 127 Å². The molecule has 0 aliphatic carbocycles. The van der Waals surface area contributed by atoms with Crippen molar-refractivity contribution in [1.82, 2.24) is 0 Å². The zero-order valence-electron chi connectivity index (χ0n) is 13.4. The Morgan fingerprint density at radius 1 is 1.29 bits per heavy atom. The number of fused-ring (bicyclic) bond motifs is 3. The zero-order chi connectivity index (χ0) is 15.5. The molecule has 1 fully saturated rings. The van der Waals surface area contributed by atoms with Crippen molar-refractivity contribution in [2.75, 3.05) is 11.5 Å². The van der Waals surface area contributed by atoms with Crippen LogP contribution in [0.5, 0.6) is 0 Å². The Morgan fingerprint density at radius 3 is 2.62 bits per heavy atom. The van der Waals surface area contributed by atoms with Gasteiger partial charge in [0.1, 0.15) is 5.60 Å². The third-order valence-electron chi connectivity index (χ3n) is 4.59. The van der Waals surface area contributed by atoms with Gasteiger partial charge in [0.2, 0.25) is 0 Å². The fraction of sp³-hybridized carbons (Fsp3) is 0.562. The first kappa shape index (κ1) is 14.6. The minimum Gasteiger partial charge on any atom is -0.449 e. The van der Waals surface area contributed by atoms with E-state index in [-0.39, 0.29) is 6.09 Å². The number of rotatable bonds is 3. The Balaban J connectivity index is 1.78. The molecule has 2 aliphatic heterocycles. The van der Waals surface area contributed by atoms with Gasteiger partial charge in [-0.1, -0.05) is 37.8 Å². The summed E-state index contributed by atoms with van der Waals surface area (Å²) >= 11 is 0. The smallest absolute Gasteiger partial charge is 0.416 e. The molecule has 0 bridgehead atoms. The van der Waals surface area contributed by atoms with Crippen molar-refractivity contribution in [2.45, 2.75) is 50.9 Å². The molecule has 5 heteroatoms. The minimum atomic E-state index is -1.20. The van der Waals surface area contributed by atoms with Crippen LogP contribution in [-0.4, -0.2) is 26.5 Å². The van der Waals surface area contributed by atoms with Gasteiger partial charge in [0.15, 0.2) is 5.72 Å². The van der Waals surface area contributed by atoms with Crippen LogP contribution in [0.15, 0.2) is 24.3 Å². The maximum absolute atomic E-state index is 12.5. The number of ether oxygens (including phenoxy) is 2. The van der Waals surface area contributed by atoms with E-state index >= 15 is 0 Å². The quantitative estimate of drug-likeness (QED) is 0.627. The summed E-state index contributed by atoms with van der Waals surface area (Å²) in [7, 11) is -1.20. The normalized spacial score (nSPS) is 29.9. The summed E-state index contributed by atoms with van der Waals surface area (Å²) < 4.78 is 11.4. The number of nitrogens with zero attached hydrogens (tertiary/aromatic N) is 1. The molecule has 2 aliphatic rings. The number of anilines is 1. The van der Waals surface area contributed by atoms with E-state index in [2.05, 4.69) is 19.6 Å². The molecule has 2 heterocycles. The van der Waals surface area contributed by atoms with Crippen LogP contribution >= 0.6 is 0 Å². The summed E-state index contributed by atoms with van der Waals surface area (Å²) in [4.78, 5) is 14.2. The van der Waals surface area contributed by atoms with Crippen LogP contribution in [0.3, 0.4) is 0 Å². The van der Waals surface area contributed by atoms with E-state index in [0.29, 0.717) is 6.61 Å². The third-order valence-corrected chi connectivity index (χ3v) is 6.30. The number of hydrogen-bond acceptors (Lipinski definition) is 3. The van der Waals surface area contributed by atoms with Crippen molar-refractivity contribution in [3.63, 3.8) is 0 Å². The summed E-state index contributed by atoms with van der Waals surface area (Å²) in [6.07, 6.45) is -0.301. The van der Waals surface area contributed by atoms with E-state index in [1.165, 1.54) is 0 Å². The Kier molecular flexibility index (Phi) is 3.01. The summed E-state index contributed by atoms with van der Waals surface area (Å²) in [5, 5.41) is 0. The Hall–Kier alpha value is -1.33. The molecule has 0 saturated carbocycles. The number of amides is 1. The summed E-state index contributed by atoms with van der Waals surface area (Å²) in [5.41, 5.74) is 0.968. The number of epoxide rings is 1. The van der Waals surface area contributed by atoms with Crippen LogP contribution < -0.4 is 4.90 Å². The third kappa shape index (κ3) is 2.10. The van der Waals surface area contributed by atoms with Crippen LogP contribution in [0.2, 0.25) is 25.7 Å². The summed E-state index contributed by atoms with van der Waals surface area (Å²) in [6.45, 7) is 11.3. The first-order chi connectivity index (χ1) is 9.69. The molecular formula is C16H23NO3Si. The lowest BCUT2D eigenvalue weighted by Crippen LogP contribution is -2.41. The van der Waals surface area contributed by atoms with E-state index in [9.17, 15) is 4.79 Å². The van der Waals surface area contributed by atoms with E-state index in [1.54, 1.807) is 4.90 Å². The summed E-state index contributed by atoms with van der Waals surface area (Å²) in [6, 6.07) is 8.88. The molecule has 114 valence electrons. The lowest BCUT2D eigenvalue weighted by molar-refractivity contribution is 0.149. The summed E-state index contributed by atoms with van der Waals surface area (Å²) in [5.74, 6) is 0. The van der Waals surface area contributed by atoms with Gasteiger partial charge in [-0.05, 0) is 26.0 Å². The fourth-order valence-corrected chi connectivity index (χ4v) is 3.73. The van der Waals surface area contributed by atoms with Crippen LogP contribution in [0.25, 0.3) is 0 Å². The average molecular weight is 305 g/mol. The largest absolute Gasteiger partial charge is 0.449 e. The maximum atomic E-state index is 12.5. The average Bonchev–Trinajstić information content (AvgIpc) is 2.86. The number of para-hydroxylation sites is 1. The predicted molar refractivity (Wildman–Crippen MR) is 85.3 cm³/mol. The molecule has 0 spiro atoms. The highest BCUT2D eigenvalue weighted by Crippen LogP contribution is 2.65. The van der Waals surface area contributed by atoms with Gasteiger partial charge >= 0.3 is 6.09 Å². The van der Waals surface area contributed by atoms with Gasteiger partial charge in [-0.25, -0.2) is 9.69 Å². The molecule has 21 heavy (non-hydrogen) atoms. The molecule has 4 nitrogen and oxygen atoms in total. The highest BCUT2D eigenvalue weighted by Gasteiger charge is 2.75. The molecule has 0 N–H and O–H groups in total. The lowest BCUT2D eigenvalue weighted by Gasteiger charge is -2.24. The van der Waals surface area contributed by atoms with Crippen molar-refractivity contribution < 1.29 is 14.3 Å². The highest BCUT2D eigenvalue weighted by atomic mass is 28.3. The number of hydrogen-bond donors (Lipinski definition) is 0. The second-order valence-electron chi connectivity index (χ2n) is 7.40. The molecule has 1 aromatic carbocycles. The highest BCUT2D eigenvalue weighted by molar-refractivity contribution is 6.76. The van der Waals surface area contributed by atoms with Crippen LogP contribution in [-0.2, 0) is 15.1 Å². The molecule has 1 saturated heterocycles. The molecule has 2 unspecified atom stereocenters. The van der Waals surface area contributed by atoms with Gasteiger partial charge in [0.25, 0.3) is 0 Å². The second kappa shape index (κ2) is 4.33. The maximum Gasteiger partial charge on any atom is 0.416 e. The minimum absolute atomic E-state index is 0.301. The van der Waals surface area contributed by atoms with Crippen LogP contribution in [0, 0.1) is 0 Å². The van der Waals surface area contributed by atoms with Crippen LogP contribution in [0.4, 0.5) is 10.5 Å². The van der Waals surface area contributed by atoms with Gasteiger partial charge in [-0.15, -0.1) is 0 Å². The SMILES string of the molecule is CC12OC1(C)N(C(=O)OCC[Si](C)(C)C)c1ccccc12. The number of benzene rings is 1. The molecule has 1 aromatic rings. The van der Waals surface area contributed by atoms with E-state index in [4.69, 9.17) is 9.47 Å². The van der Waals surface area contributed by atoms with Crippen molar-refractivity contribution in [1.29, 1.82) is 0 Å². The monoisotopic (exact) mass is 305 g/mol. The Morgan fingerprint density at radius 2 is 1.95 bits per heavy atom. The van der Waals surface area contributed by atoms with Crippen LogP contribution in [0.1, 0.15) is 19.4 Å². The molecule has 0 radical (unpaired) electrons. The standard InChI is InChI=1S/C16H23NO3Si/c1-15-12-8-6-7-9-13(12)17(16(15,2)20-15)14(18)19-10-11-21(3,4)5/h6-9H,10-11H2,1-5H3. The topological polar surface area (TPSA) is 42.1 Å². The van der Waals surface area contributed by atoms with E-state index in [0.717, 1.165) is 17.3 Å². The van der Waals surface area contributed by atoms with Gasteiger partial charge in [0.05, 0.1) is 12.3 Å². The van der Waals surface area contributed by atoms with Crippen molar-refractivity contribution in [3.05, 3.63) is 29.8 Å². The lowest BCUT2D eigenvalue weighted by atomic mass is 9.98. The first-order valence-corrected chi connectivity index (χ1v) is 11.2. The predicted octanol–water partition coefficient (Wildman–Crippen LogP) is 3.94. The molecule has 0 aromatic heterocycles.